The van der Waals surface area contributed by atoms with Gasteiger partial charge in [0.05, 0.1) is 25.3 Å². The number of aryl methyl sites for hydroxylation is 1. The van der Waals surface area contributed by atoms with Crippen LogP contribution in [0.3, 0.4) is 0 Å². The second kappa shape index (κ2) is 13.2. The molecule has 0 radical (unpaired) electrons. The molecule has 6 rings (SSSR count). The lowest BCUT2D eigenvalue weighted by atomic mass is 10.00. The van der Waals surface area contributed by atoms with Crippen LogP contribution in [-0.2, 0) is 22.6 Å². The monoisotopic (exact) mass is 629 g/mol. The van der Waals surface area contributed by atoms with E-state index in [0.29, 0.717) is 30.1 Å². The number of ether oxygens (including phenoxy) is 3. The minimum absolute atomic E-state index is 0.0542. The van der Waals surface area contributed by atoms with Crippen molar-refractivity contribution >= 4 is 17.7 Å². The predicted octanol–water partition coefficient (Wildman–Crippen LogP) is 2.15. The minimum atomic E-state index is -0.619. The first-order chi connectivity index (χ1) is 22.2. The summed E-state index contributed by atoms with van der Waals surface area (Å²) in [7, 11) is 1.45. The molecule has 14 heteroatoms. The van der Waals surface area contributed by atoms with Crippen molar-refractivity contribution in [3.05, 3.63) is 89.0 Å². The van der Waals surface area contributed by atoms with Gasteiger partial charge in [-0.05, 0) is 70.9 Å². The Morgan fingerprint density at radius 1 is 1.11 bits per heavy atom. The van der Waals surface area contributed by atoms with Gasteiger partial charge in [0, 0.05) is 37.7 Å². The fourth-order valence-corrected chi connectivity index (χ4v) is 5.52. The van der Waals surface area contributed by atoms with E-state index >= 15 is 0 Å². The Hall–Kier alpha value is -5.53. The number of benzene rings is 3. The molecule has 4 aromatic rings. The maximum absolute atomic E-state index is 14.6. The standard InChI is InChI=1S/C32H32FN7O6/c1-19-36-37-38-40(19)24-6-3-20(4-7-24)13-31(42)39-10-9-27-26(17-39)35-30(41)18-45-29-14-22(5-8-28(29)44-2)32(43)34-16-21-11-23(33)15-25(12-21)46-27/h3-8,11-12,14-15,26-27H,9-10,13,16-18H2,1-2H3,(H,34,43)(H,35,41)/t26-,27+/m1/s1. The average molecular weight is 630 g/mol. The predicted molar refractivity (Wildman–Crippen MR) is 161 cm³/mol. The number of nitrogens with zero attached hydrogens (tertiary/aromatic N) is 5. The smallest absolute Gasteiger partial charge is 0.258 e. The molecule has 238 valence electrons. The normalized spacial score (nSPS) is 18.4. The molecule has 0 saturated carbocycles. The Balaban J connectivity index is 1.21. The SMILES string of the molecule is COc1ccc2cc1OCC(=O)N[C@@H]1CN(C(=O)Cc3ccc(-n4nnnc4C)cc3)CC[C@@H]1Oc1cc(F)cc(c1)CNC2=O. The van der Waals surface area contributed by atoms with Gasteiger partial charge < -0.3 is 29.7 Å². The van der Waals surface area contributed by atoms with E-state index in [1.165, 1.54) is 25.3 Å². The van der Waals surface area contributed by atoms with Gasteiger partial charge in [-0.15, -0.1) is 5.10 Å². The van der Waals surface area contributed by atoms with Gasteiger partial charge in [0.25, 0.3) is 11.8 Å². The van der Waals surface area contributed by atoms with E-state index in [1.54, 1.807) is 34.7 Å². The summed E-state index contributed by atoms with van der Waals surface area (Å²) < 4.78 is 33.5. The summed E-state index contributed by atoms with van der Waals surface area (Å²) in [6.45, 7) is 2.02. The third-order valence-corrected chi connectivity index (χ3v) is 7.87. The van der Waals surface area contributed by atoms with E-state index in [9.17, 15) is 18.8 Å². The topological polar surface area (TPSA) is 150 Å². The van der Waals surface area contributed by atoms with Crippen molar-refractivity contribution < 1.29 is 33.0 Å². The minimum Gasteiger partial charge on any atom is -0.493 e. The first-order valence-corrected chi connectivity index (χ1v) is 14.7. The molecular formula is C32H32FN7O6. The molecule has 4 bridgehead atoms. The first kappa shape index (κ1) is 30.5. The number of nitrogens with one attached hydrogen (secondary N) is 2. The Bertz CT molecular complexity index is 1760. The molecule has 2 N–H and O–H groups in total. The maximum Gasteiger partial charge on any atom is 0.258 e. The molecule has 2 aliphatic rings. The average Bonchev–Trinajstić information content (AvgIpc) is 3.48. The van der Waals surface area contributed by atoms with Crippen LogP contribution in [0.4, 0.5) is 4.39 Å². The lowest BCUT2D eigenvalue weighted by Gasteiger charge is -2.39. The van der Waals surface area contributed by atoms with Crippen molar-refractivity contribution in [3.8, 4) is 22.9 Å². The molecule has 0 aliphatic carbocycles. The summed E-state index contributed by atoms with van der Waals surface area (Å²) in [5.74, 6) is -0.0790. The number of likely N-dealkylation sites (tertiary alicyclic amines) is 1. The highest BCUT2D eigenvalue weighted by Crippen LogP contribution is 2.29. The number of carbonyl (C=O) groups excluding carboxylic acids is 3. The number of amides is 3. The summed E-state index contributed by atoms with van der Waals surface area (Å²) in [6.07, 6.45) is -0.0332. The number of hydrogen-bond donors (Lipinski definition) is 2. The van der Waals surface area contributed by atoms with Gasteiger partial charge in [0.2, 0.25) is 5.91 Å². The molecule has 0 spiro atoms. The summed E-state index contributed by atoms with van der Waals surface area (Å²) in [4.78, 5) is 41.1. The van der Waals surface area contributed by atoms with Gasteiger partial charge in [-0.25, -0.2) is 4.39 Å². The second-order valence-electron chi connectivity index (χ2n) is 11.1. The number of methoxy groups -OCH3 is 1. The Morgan fingerprint density at radius 3 is 2.70 bits per heavy atom. The van der Waals surface area contributed by atoms with Crippen LogP contribution in [0.25, 0.3) is 5.69 Å². The zero-order chi connectivity index (χ0) is 32.2. The van der Waals surface area contributed by atoms with Gasteiger partial charge in [-0.1, -0.05) is 12.1 Å². The van der Waals surface area contributed by atoms with Crippen LogP contribution >= 0.6 is 0 Å². The van der Waals surface area contributed by atoms with E-state index in [1.807, 2.05) is 24.3 Å². The highest BCUT2D eigenvalue weighted by Gasteiger charge is 2.34. The molecule has 2 atom stereocenters. The first-order valence-electron chi connectivity index (χ1n) is 14.7. The zero-order valence-electron chi connectivity index (χ0n) is 25.2. The summed E-state index contributed by atoms with van der Waals surface area (Å²) in [5, 5.41) is 17.2. The highest BCUT2D eigenvalue weighted by molar-refractivity contribution is 5.95. The van der Waals surface area contributed by atoms with Crippen molar-refractivity contribution in [2.45, 2.75) is 38.5 Å². The second-order valence-corrected chi connectivity index (χ2v) is 11.1. The largest absolute Gasteiger partial charge is 0.493 e. The van der Waals surface area contributed by atoms with Crippen LogP contribution in [0.2, 0.25) is 0 Å². The number of halogens is 1. The molecule has 1 saturated heterocycles. The van der Waals surface area contributed by atoms with Crippen LogP contribution in [0.15, 0.2) is 60.7 Å². The fraction of sp³-hybridized carbons (Fsp3) is 0.312. The van der Waals surface area contributed by atoms with Crippen molar-refractivity contribution in [3.63, 3.8) is 0 Å². The van der Waals surface area contributed by atoms with Gasteiger partial charge in [-0.3, -0.25) is 14.4 Å². The molecule has 1 fully saturated rings. The van der Waals surface area contributed by atoms with Crippen molar-refractivity contribution in [1.82, 2.24) is 35.7 Å². The molecule has 3 aromatic carbocycles. The third kappa shape index (κ3) is 6.90. The van der Waals surface area contributed by atoms with Gasteiger partial charge in [0.1, 0.15) is 17.7 Å². The number of fused-ring (bicyclic) bond motifs is 5. The lowest BCUT2D eigenvalue weighted by Crippen LogP contribution is -2.58. The summed E-state index contributed by atoms with van der Waals surface area (Å²) in [6, 6.07) is 15.6. The number of piperidine rings is 1. The third-order valence-electron chi connectivity index (χ3n) is 7.87. The van der Waals surface area contributed by atoms with E-state index in [4.69, 9.17) is 14.2 Å². The molecule has 13 nitrogen and oxygen atoms in total. The number of aromatic nitrogens is 4. The molecule has 3 amide bonds. The number of carbonyl (C=O) groups is 3. The summed E-state index contributed by atoms with van der Waals surface area (Å²) >= 11 is 0. The van der Waals surface area contributed by atoms with E-state index in [-0.39, 0.29) is 49.1 Å². The number of hydrogen-bond acceptors (Lipinski definition) is 9. The zero-order valence-corrected chi connectivity index (χ0v) is 25.2. The fourth-order valence-electron chi connectivity index (χ4n) is 5.52. The lowest BCUT2D eigenvalue weighted by molar-refractivity contribution is -0.135. The van der Waals surface area contributed by atoms with Crippen LogP contribution < -0.4 is 24.8 Å². The molecule has 0 unspecified atom stereocenters. The van der Waals surface area contributed by atoms with E-state index in [2.05, 4.69) is 26.2 Å². The molecule has 1 aromatic heterocycles. The number of tetrazole rings is 1. The van der Waals surface area contributed by atoms with Crippen molar-refractivity contribution in [1.29, 1.82) is 0 Å². The van der Waals surface area contributed by atoms with Crippen LogP contribution in [0.1, 0.15) is 33.7 Å². The molecule has 2 aliphatic heterocycles. The molecule has 3 heterocycles. The van der Waals surface area contributed by atoms with Crippen molar-refractivity contribution in [2.24, 2.45) is 0 Å². The Labute approximate surface area is 263 Å². The van der Waals surface area contributed by atoms with Crippen LogP contribution in [0, 0.1) is 12.7 Å². The summed E-state index contributed by atoms with van der Waals surface area (Å²) in [5.41, 5.74) is 2.36. The van der Waals surface area contributed by atoms with E-state index < -0.39 is 29.8 Å². The maximum atomic E-state index is 14.6. The molecule has 46 heavy (non-hydrogen) atoms. The van der Waals surface area contributed by atoms with Crippen molar-refractivity contribution in [2.75, 3.05) is 26.8 Å². The van der Waals surface area contributed by atoms with E-state index in [0.717, 1.165) is 11.3 Å². The Kier molecular flexibility index (Phi) is 8.76. The molecular weight excluding hydrogens is 597 g/mol. The van der Waals surface area contributed by atoms with Gasteiger partial charge in [-0.2, -0.15) is 4.68 Å². The van der Waals surface area contributed by atoms with Gasteiger partial charge in [0.15, 0.2) is 23.9 Å². The highest BCUT2D eigenvalue weighted by atomic mass is 19.1. The van der Waals surface area contributed by atoms with Crippen LogP contribution in [0.5, 0.6) is 17.2 Å². The Morgan fingerprint density at radius 2 is 1.93 bits per heavy atom. The van der Waals surface area contributed by atoms with Gasteiger partial charge >= 0.3 is 0 Å². The number of rotatable bonds is 4. The quantitative estimate of drug-likeness (QED) is 0.346. The van der Waals surface area contributed by atoms with Crippen LogP contribution in [-0.4, -0.2) is 81.8 Å².